The molecule has 4 N–H and O–H groups in total. The molecule has 0 aliphatic carbocycles. The Morgan fingerprint density at radius 3 is 2.25 bits per heavy atom. The number of hydrogen-bond acceptors (Lipinski definition) is 5. The third-order valence-electron chi connectivity index (χ3n) is 1.48. The zero-order chi connectivity index (χ0) is 9.78. The Morgan fingerprint density at radius 1 is 1.50 bits per heavy atom. The Balaban J connectivity index is 4.23. The quantitative estimate of drug-likeness (QED) is 0.378. The molecule has 0 aromatic heterocycles. The topological polar surface area (TPSA) is 101 Å². The van der Waals surface area contributed by atoms with E-state index in [1.807, 2.05) is 0 Å². The highest BCUT2D eigenvalue weighted by molar-refractivity contribution is 5.69. The van der Waals surface area contributed by atoms with Gasteiger partial charge in [0.25, 0.3) is 0 Å². The molecule has 0 radical (unpaired) electrons. The number of carbonyl (C=O) groups is 1. The van der Waals surface area contributed by atoms with Crippen LogP contribution in [0.4, 0.5) is 0 Å². The van der Waals surface area contributed by atoms with Gasteiger partial charge in [0.05, 0.1) is 0 Å². The van der Waals surface area contributed by atoms with Gasteiger partial charge in [-0.1, -0.05) is 6.92 Å². The lowest BCUT2D eigenvalue weighted by Crippen LogP contribution is -2.50. The lowest BCUT2D eigenvalue weighted by Gasteiger charge is -2.31. The van der Waals surface area contributed by atoms with Gasteiger partial charge in [-0.25, -0.2) is 4.90 Å². The first-order chi connectivity index (χ1) is 5.44. The van der Waals surface area contributed by atoms with E-state index in [1.54, 1.807) is 0 Å². The number of carboxylic acids is 1. The summed E-state index contributed by atoms with van der Waals surface area (Å²) in [5.74, 6) is -3.49. The highest BCUT2D eigenvalue weighted by Gasteiger charge is 2.30. The lowest BCUT2D eigenvalue weighted by molar-refractivity contribution is -0.279. The van der Waals surface area contributed by atoms with Gasteiger partial charge in [-0.15, -0.1) is 0 Å². The fourth-order valence-electron chi connectivity index (χ4n) is 0.677. The fourth-order valence-corrected chi connectivity index (χ4v) is 0.677. The van der Waals surface area contributed by atoms with Crippen LogP contribution in [0.5, 0.6) is 0 Å². The van der Waals surface area contributed by atoms with Crippen LogP contribution < -0.4 is 0 Å². The van der Waals surface area contributed by atoms with Crippen LogP contribution in [0.1, 0.15) is 13.3 Å². The molecule has 6 nitrogen and oxygen atoms in total. The molecule has 0 fully saturated rings. The van der Waals surface area contributed by atoms with Crippen molar-refractivity contribution in [2.24, 2.45) is 0 Å². The van der Waals surface area contributed by atoms with Crippen molar-refractivity contribution in [1.82, 2.24) is 4.90 Å². The predicted molar refractivity (Wildman–Crippen MR) is 38.9 cm³/mol. The highest BCUT2D eigenvalue weighted by atomic mass is 16.5. The minimum atomic E-state index is -2.26. The van der Waals surface area contributed by atoms with Crippen molar-refractivity contribution in [3.05, 3.63) is 0 Å². The molecular weight excluding hydrogens is 166 g/mol. The summed E-state index contributed by atoms with van der Waals surface area (Å²) in [6.45, 7) is 0.134. The molecule has 0 saturated heterocycles. The monoisotopic (exact) mass is 179 g/mol. The molecule has 0 saturated carbocycles. The van der Waals surface area contributed by atoms with Gasteiger partial charge in [-0.3, -0.25) is 4.79 Å². The molecule has 0 rings (SSSR count). The van der Waals surface area contributed by atoms with Crippen molar-refractivity contribution in [1.29, 1.82) is 0 Å². The van der Waals surface area contributed by atoms with E-state index >= 15 is 0 Å². The third-order valence-corrected chi connectivity index (χ3v) is 1.48. The van der Waals surface area contributed by atoms with E-state index in [2.05, 4.69) is 0 Å². The van der Waals surface area contributed by atoms with Crippen molar-refractivity contribution in [3.8, 4) is 0 Å². The molecular formula is C6H13NO5. The summed E-state index contributed by atoms with van der Waals surface area (Å²) in [4.78, 5) is 10.8. The molecule has 0 unspecified atom stereocenters. The molecule has 0 bridgehead atoms. The van der Waals surface area contributed by atoms with Crippen LogP contribution in [0.15, 0.2) is 0 Å². The number of hydrogen-bond donors (Lipinski definition) is 4. The van der Waals surface area contributed by atoms with E-state index in [0.29, 0.717) is 4.90 Å². The smallest absolute Gasteiger partial charge is 0.317 e. The summed E-state index contributed by atoms with van der Waals surface area (Å²) in [5, 5.41) is 35.1. The number of nitrogens with zero attached hydrogens (tertiary/aromatic N) is 1. The van der Waals surface area contributed by atoms with Crippen LogP contribution in [0, 0.1) is 0 Å². The first-order valence-electron chi connectivity index (χ1n) is 3.46. The van der Waals surface area contributed by atoms with Crippen molar-refractivity contribution >= 4 is 5.97 Å². The zero-order valence-corrected chi connectivity index (χ0v) is 6.77. The largest absolute Gasteiger partial charge is 0.480 e. The number of aliphatic hydroxyl groups excluding tert-OH is 1. The summed E-state index contributed by atoms with van der Waals surface area (Å²) in [7, 11) is 0. The van der Waals surface area contributed by atoms with Gasteiger partial charge in [-0.05, 0) is 0 Å². The van der Waals surface area contributed by atoms with Crippen molar-refractivity contribution in [3.63, 3.8) is 0 Å². The van der Waals surface area contributed by atoms with Gasteiger partial charge in [0.1, 0.15) is 13.3 Å². The normalized spacial score (nSPS) is 12.1. The minimum absolute atomic E-state index is 0.0825. The van der Waals surface area contributed by atoms with Gasteiger partial charge in [0.2, 0.25) is 5.91 Å². The molecule has 0 aliphatic rings. The number of aliphatic hydroxyl groups is 3. The van der Waals surface area contributed by atoms with Crippen molar-refractivity contribution in [2.75, 3.05) is 13.3 Å². The molecule has 0 aromatic rings. The maximum Gasteiger partial charge on any atom is 0.317 e. The summed E-state index contributed by atoms with van der Waals surface area (Å²) < 4.78 is 0. The second-order valence-corrected chi connectivity index (χ2v) is 2.36. The average Bonchev–Trinajstić information content (AvgIpc) is 1.99. The van der Waals surface area contributed by atoms with Gasteiger partial charge in [0.15, 0.2) is 0 Å². The predicted octanol–water partition coefficient (Wildman–Crippen LogP) is -1.63. The molecule has 0 spiro atoms. The van der Waals surface area contributed by atoms with E-state index in [9.17, 15) is 4.79 Å². The highest BCUT2D eigenvalue weighted by Crippen LogP contribution is 2.10. The number of aliphatic carboxylic acids is 1. The molecule has 72 valence electrons. The second-order valence-electron chi connectivity index (χ2n) is 2.36. The first kappa shape index (κ1) is 11.3. The minimum Gasteiger partial charge on any atom is -0.480 e. The van der Waals surface area contributed by atoms with Gasteiger partial charge in [0, 0.05) is 6.42 Å². The van der Waals surface area contributed by atoms with E-state index in [4.69, 9.17) is 20.4 Å². The molecule has 0 atom stereocenters. The number of carboxylic acid groups (broad SMARTS) is 1. The van der Waals surface area contributed by atoms with Gasteiger partial charge >= 0.3 is 5.97 Å². The Labute approximate surface area is 69.7 Å². The van der Waals surface area contributed by atoms with Crippen LogP contribution in [-0.2, 0) is 4.79 Å². The van der Waals surface area contributed by atoms with Crippen LogP contribution >= 0.6 is 0 Å². The number of rotatable bonds is 5. The Hall–Kier alpha value is -0.690. The zero-order valence-electron chi connectivity index (χ0n) is 6.77. The van der Waals surface area contributed by atoms with Crippen molar-refractivity contribution in [2.45, 2.75) is 19.3 Å². The van der Waals surface area contributed by atoms with E-state index in [-0.39, 0.29) is 6.42 Å². The standard InChI is InChI=1S/C6H13NO5/c1-2-6(11,12)7(4-8)3-5(9)10/h8,11-12H,2-4H2,1H3,(H,9,10). The van der Waals surface area contributed by atoms with Crippen LogP contribution in [0.2, 0.25) is 0 Å². The maximum atomic E-state index is 10.2. The Bertz CT molecular complexity index is 158. The Morgan fingerprint density at radius 2 is 2.00 bits per heavy atom. The molecule has 0 aromatic carbocycles. The van der Waals surface area contributed by atoms with E-state index in [1.165, 1.54) is 6.92 Å². The van der Waals surface area contributed by atoms with Gasteiger partial charge in [-0.2, -0.15) is 0 Å². The summed E-state index contributed by atoms with van der Waals surface area (Å²) >= 11 is 0. The lowest BCUT2D eigenvalue weighted by atomic mass is 10.3. The average molecular weight is 179 g/mol. The first-order valence-corrected chi connectivity index (χ1v) is 3.46. The maximum absolute atomic E-state index is 10.2. The van der Waals surface area contributed by atoms with Crippen LogP contribution in [0.3, 0.4) is 0 Å². The second kappa shape index (κ2) is 4.36. The summed E-state index contributed by atoms with van der Waals surface area (Å²) in [5.41, 5.74) is 0. The summed E-state index contributed by atoms with van der Waals surface area (Å²) in [6.07, 6.45) is -0.0825. The fraction of sp³-hybridized carbons (Fsp3) is 0.833. The SMILES string of the molecule is CCC(O)(O)N(CO)CC(=O)O. The van der Waals surface area contributed by atoms with Crippen LogP contribution in [0.25, 0.3) is 0 Å². The molecule has 0 amide bonds. The van der Waals surface area contributed by atoms with E-state index < -0.39 is 25.2 Å². The van der Waals surface area contributed by atoms with E-state index in [0.717, 1.165) is 0 Å². The molecule has 0 aliphatic heterocycles. The Kier molecular flexibility index (Phi) is 4.11. The molecule has 0 heterocycles. The third kappa shape index (κ3) is 3.14. The van der Waals surface area contributed by atoms with Gasteiger partial charge < -0.3 is 20.4 Å². The molecule has 6 heteroatoms. The van der Waals surface area contributed by atoms with Crippen LogP contribution in [-0.4, -0.2) is 50.5 Å². The van der Waals surface area contributed by atoms with Crippen molar-refractivity contribution < 1.29 is 25.2 Å². The molecule has 12 heavy (non-hydrogen) atoms. The summed E-state index contributed by atoms with van der Waals surface area (Å²) in [6, 6.07) is 0.